The van der Waals surface area contributed by atoms with Gasteiger partial charge in [-0.15, -0.1) is 0 Å². The van der Waals surface area contributed by atoms with Crippen LogP contribution in [-0.4, -0.2) is 30.1 Å². The normalized spacial score (nSPS) is 11.3. The Morgan fingerprint density at radius 3 is 2.45 bits per heavy atom. The number of sulfone groups is 1. The van der Waals surface area contributed by atoms with Gasteiger partial charge in [-0.05, 0) is 48.4 Å². The molecular formula is C25H22N4O3S. The number of aryl methyl sites for hydroxylation is 2. The fourth-order valence-electron chi connectivity index (χ4n) is 3.72. The van der Waals surface area contributed by atoms with Gasteiger partial charge in [-0.3, -0.25) is 4.79 Å². The predicted molar refractivity (Wildman–Crippen MR) is 128 cm³/mol. The minimum atomic E-state index is -3.65. The second-order valence-electron chi connectivity index (χ2n) is 7.80. The van der Waals surface area contributed by atoms with Crippen LogP contribution in [0.15, 0.2) is 65.6 Å². The van der Waals surface area contributed by atoms with Crippen molar-refractivity contribution in [1.29, 1.82) is 5.26 Å². The molecule has 0 saturated heterocycles. The van der Waals surface area contributed by atoms with E-state index in [2.05, 4.69) is 24.4 Å². The molecule has 166 valence electrons. The molecule has 0 aliphatic carbocycles. The standard InChI is InChI=1S/C25H22N4O3S/c1-4-16-5-8-18(9-6-16)24-28-21-14-19(10-11-22(21)29(24)2)27-25(30)20-13-17(15-26)7-12-23(20)33(3,31)32/h5-14H,4H2,1-3H3,(H,27,30). The van der Waals surface area contributed by atoms with E-state index in [1.54, 1.807) is 12.1 Å². The Bertz CT molecular complexity index is 1530. The first-order valence-electron chi connectivity index (χ1n) is 10.3. The quantitative estimate of drug-likeness (QED) is 0.479. The van der Waals surface area contributed by atoms with E-state index in [1.807, 2.05) is 35.9 Å². The van der Waals surface area contributed by atoms with Crippen LogP contribution in [0.5, 0.6) is 0 Å². The van der Waals surface area contributed by atoms with Crippen LogP contribution >= 0.6 is 0 Å². The van der Waals surface area contributed by atoms with Crippen molar-refractivity contribution in [3.63, 3.8) is 0 Å². The molecule has 1 amide bonds. The maximum Gasteiger partial charge on any atom is 0.257 e. The van der Waals surface area contributed by atoms with Gasteiger partial charge in [0, 0.05) is 24.6 Å². The van der Waals surface area contributed by atoms with Crippen LogP contribution in [0.1, 0.15) is 28.4 Å². The molecule has 0 unspecified atom stereocenters. The number of rotatable bonds is 5. The molecule has 4 aromatic rings. The van der Waals surface area contributed by atoms with Gasteiger partial charge in [-0.25, -0.2) is 13.4 Å². The monoisotopic (exact) mass is 458 g/mol. The van der Waals surface area contributed by atoms with Crippen LogP contribution in [0.3, 0.4) is 0 Å². The number of fused-ring (bicyclic) bond motifs is 1. The highest BCUT2D eigenvalue weighted by Crippen LogP contribution is 2.27. The summed E-state index contributed by atoms with van der Waals surface area (Å²) in [6.07, 6.45) is 1.99. The summed E-state index contributed by atoms with van der Waals surface area (Å²) in [6.45, 7) is 2.11. The predicted octanol–water partition coefficient (Wildman–Crippen LogP) is 4.33. The first-order valence-corrected chi connectivity index (χ1v) is 12.2. The number of imidazole rings is 1. The van der Waals surface area contributed by atoms with Crippen LogP contribution < -0.4 is 5.32 Å². The number of hydrogen-bond acceptors (Lipinski definition) is 5. The van der Waals surface area contributed by atoms with Gasteiger partial charge in [0.2, 0.25) is 0 Å². The van der Waals surface area contributed by atoms with Crippen LogP contribution in [0.2, 0.25) is 0 Å². The average molecular weight is 459 g/mol. The molecule has 1 N–H and O–H groups in total. The topological polar surface area (TPSA) is 105 Å². The smallest absolute Gasteiger partial charge is 0.257 e. The van der Waals surface area contributed by atoms with Gasteiger partial charge in [0.15, 0.2) is 9.84 Å². The van der Waals surface area contributed by atoms with E-state index in [0.717, 1.165) is 29.6 Å². The zero-order valence-corrected chi connectivity index (χ0v) is 19.3. The lowest BCUT2D eigenvalue weighted by Gasteiger charge is -2.10. The fraction of sp³-hybridized carbons (Fsp3) is 0.160. The van der Waals surface area contributed by atoms with Crippen LogP contribution in [-0.2, 0) is 23.3 Å². The third-order valence-corrected chi connectivity index (χ3v) is 6.67. The SMILES string of the molecule is CCc1ccc(-c2nc3cc(NC(=O)c4cc(C#N)ccc4S(C)(=O)=O)ccc3n2C)cc1. The molecule has 8 heteroatoms. The van der Waals surface area contributed by atoms with Crippen molar-refractivity contribution in [1.82, 2.24) is 9.55 Å². The largest absolute Gasteiger partial charge is 0.327 e. The summed E-state index contributed by atoms with van der Waals surface area (Å²) in [6, 6.07) is 19.4. The van der Waals surface area contributed by atoms with Gasteiger partial charge in [-0.2, -0.15) is 5.26 Å². The summed E-state index contributed by atoms with van der Waals surface area (Å²) < 4.78 is 26.2. The fourth-order valence-corrected chi connectivity index (χ4v) is 4.59. The van der Waals surface area contributed by atoms with Crippen molar-refractivity contribution in [3.05, 3.63) is 77.4 Å². The van der Waals surface area contributed by atoms with Crippen molar-refractivity contribution in [2.75, 3.05) is 11.6 Å². The summed E-state index contributed by atoms with van der Waals surface area (Å²) in [5.74, 6) is 0.190. The molecule has 7 nitrogen and oxygen atoms in total. The number of nitrogens with zero attached hydrogens (tertiary/aromatic N) is 3. The van der Waals surface area contributed by atoms with Gasteiger partial charge in [0.1, 0.15) is 5.82 Å². The van der Waals surface area contributed by atoms with Crippen LogP contribution in [0.25, 0.3) is 22.4 Å². The molecule has 0 aliphatic rings. The number of nitrogens with one attached hydrogen (secondary N) is 1. The van der Waals surface area contributed by atoms with Crippen LogP contribution in [0, 0.1) is 11.3 Å². The minimum absolute atomic E-state index is 0.0747. The van der Waals surface area contributed by atoms with E-state index in [4.69, 9.17) is 10.2 Å². The number of anilines is 1. The van der Waals surface area contributed by atoms with Gasteiger partial charge in [0.05, 0.1) is 33.1 Å². The molecule has 3 aromatic carbocycles. The number of benzene rings is 3. The van der Waals surface area contributed by atoms with E-state index in [1.165, 1.54) is 23.8 Å². The van der Waals surface area contributed by atoms with Crippen molar-refractivity contribution >= 4 is 32.5 Å². The Morgan fingerprint density at radius 2 is 1.82 bits per heavy atom. The van der Waals surface area contributed by atoms with Gasteiger partial charge < -0.3 is 9.88 Å². The average Bonchev–Trinajstić information content (AvgIpc) is 3.13. The molecule has 0 fully saturated rings. The first-order chi connectivity index (χ1) is 15.7. The third kappa shape index (κ3) is 4.36. The summed E-state index contributed by atoms with van der Waals surface area (Å²) in [4.78, 5) is 17.5. The van der Waals surface area contributed by atoms with E-state index in [9.17, 15) is 13.2 Å². The lowest BCUT2D eigenvalue weighted by atomic mass is 10.1. The lowest BCUT2D eigenvalue weighted by Crippen LogP contribution is -2.16. The molecule has 0 aliphatic heterocycles. The Labute approximate surface area is 192 Å². The highest BCUT2D eigenvalue weighted by molar-refractivity contribution is 7.90. The summed E-state index contributed by atoms with van der Waals surface area (Å²) in [7, 11) is -1.72. The van der Waals surface area contributed by atoms with Gasteiger partial charge >= 0.3 is 0 Å². The molecule has 0 atom stereocenters. The number of carbonyl (C=O) groups is 1. The Kier molecular flexibility index (Phi) is 5.75. The third-order valence-electron chi connectivity index (χ3n) is 5.51. The molecule has 0 radical (unpaired) electrons. The highest BCUT2D eigenvalue weighted by Gasteiger charge is 2.20. The lowest BCUT2D eigenvalue weighted by molar-refractivity contribution is 0.102. The molecule has 0 saturated carbocycles. The molecular weight excluding hydrogens is 436 g/mol. The van der Waals surface area contributed by atoms with E-state index in [-0.39, 0.29) is 16.0 Å². The van der Waals surface area contributed by atoms with Crippen molar-refractivity contribution in [3.8, 4) is 17.5 Å². The summed E-state index contributed by atoms with van der Waals surface area (Å²) in [5.41, 5.74) is 4.42. The highest BCUT2D eigenvalue weighted by atomic mass is 32.2. The number of amides is 1. The molecule has 1 heterocycles. The molecule has 0 bridgehead atoms. The molecule has 1 aromatic heterocycles. The second kappa shape index (κ2) is 8.52. The van der Waals surface area contributed by atoms with Crippen LogP contribution in [0.4, 0.5) is 5.69 Å². The first kappa shape index (κ1) is 22.2. The summed E-state index contributed by atoms with van der Waals surface area (Å²) >= 11 is 0. The maximum absolute atomic E-state index is 12.9. The molecule has 0 spiro atoms. The van der Waals surface area contributed by atoms with E-state index < -0.39 is 15.7 Å². The van der Waals surface area contributed by atoms with Crippen molar-refractivity contribution in [2.45, 2.75) is 18.2 Å². The molecule has 33 heavy (non-hydrogen) atoms. The number of hydrogen-bond donors (Lipinski definition) is 1. The maximum atomic E-state index is 12.9. The minimum Gasteiger partial charge on any atom is -0.327 e. The summed E-state index contributed by atoms with van der Waals surface area (Å²) in [5, 5.41) is 11.9. The zero-order valence-electron chi connectivity index (χ0n) is 18.5. The Morgan fingerprint density at radius 1 is 1.09 bits per heavy atom. The zero-order chi connectivity index (χ0) is 23.8. The van der Waals surface area contributed by atoms with Gasteiger partial charge in [-0.1, -0.05) is 31.2 Å². The van der Waals surface area contributed by atoms with Gasteiger partial charge in [0.25, 0.3) is 5.91 Å². The van der Waals surface area contributed by atoms with Crippen molar-refractivity contribution < 1.29 is 13.2 Å². The van der Waals surface area contributed by atoms with Crippen molar-refractivity contribution in [2.24, 2.45) is 7.05 Å². The second-order valence-corrected chi connectivity index (χ2v) is 9.78. The number of nitriles is 1. The Balaban J connectivity index is 1.69. The number of carbonyl (C=O) groups excluding carboxylic acids is 1. The number of aromatic nitrogens is 2. The Hall–Kier alpha value is -3.96. The molecule has 4 rings (SSSR count). The van der Waals surface area contributed by atoms with E-state index in [0.29, 0.717) is 11.2 Å². The van der Waals surface area contributed by atoms with E-state index >= 15 is 0 Å².